The molecule has 0 aromatic heterocycles. The topological polar surface area (TPSA) is 89.6 Å². The maximum absolute atomic E-state index is 11.9. The van der Waals surface area contributed by atoms with Gasteiger partial charge in [-0.3, -0.25) is 10.1 Å². The van der Waals surface area contributed by atoms with Crippen LogP contribution in [0.4, 0.5) is 5.69 Å². The van der Waals surface area contributed by atoms with Crippen LogP contribution in [0.15, 0.2) is 63.9 Å². The third-order valence-corrected chi connectivity index (χ3v) is 3.74. The predicted molar refractivity (Wildman–Crippen MR) is 74.3 cm³/mol. The minimum absolute atomic E-state index is 0.0620. The number of rotatable bonds is 4. The third kappa shape index (κ3) is 3.27. The van der Waals surface area contributed by atoms with Gasteiger partial charge in [-0.15, -0.1) is 0 Å². The zero-order valence-corrected chi connectivity index (χ0v) is 11.0. The smallest absolute Gasteiger partial charge is 0.258 e. The zero-order valence-electron chi connectivity index (χ0n) is 10.2. The molecule has 0 aliphatic heterocycles. The Balaban J connectivity index is 2.23. The van der Waals surface area contributed by atoms with Crippen molar-refractivity contribution in [1.29, 1.82) is 0 Å². The minimum Gasteiger partial charge on any atom is -0.258 e. The van der Waals surface area contributed by atoms with Gasteiger partial charge in [-0.25, -0.2) is 0 Å². The van der Waals surface area contributed by atoms with Crippen LogP contribution in [-0.4, -0.2) is 19.6 Å². The summed E-state index contributed by atoms with van der Waals surface area (Å²) < 4.78 is 27.3. The lowest BCUT2D eigenvalue weighted by atomic mass is 10.2. The Labute approximate surface area is 115 Å². The van der Waals surface area contributed by atoms with Gasteiger partial charge in [0.1, 0.15) is 0 Å². The summed E-state index contributed by atoms with van der Waals surface area (Å²) in [5, 5.41) is 10.5. The lowest BCUT2D eigenvalue weighted by molar-refractivity contribution is -0.384. The first-order chi connectivity index (χ1) is 9.49. The summed E-state index contributed by atoms with van der Waals surface area (Å²) in [5.41, 5.74) is 0.406. The van der Waals surface area contributed by atoms with Crippen molar-refractivity contribution in [2.45, 2.75) is 4.90 Å². The highest BCUT2D eigenvalue weighted by Crippen LogP contribution is 2.13. The fourth-order valence-electron chi connectivity index (χ4n) is 1.47. The van der Waals surface area contributed by atoms with E-state index in [4.69, 9.17) is 0 Å². The summed E-state index contributed by atoms with van der Waals surface area (Å²) in [6.07, 6.45) is 1.16. The van der Waals surface area contributed by atoms with Crippen LogP contribution in [0.5, 0.6) is 0 Å². The van der Waals surface area contributed by atoms with E-state index in [0.29, 0.717) is 5.56 Å². The van der Waals surface area contributed by atoms with Crippen LogP contribution < -0.4 is 0 Å². The van der Waals surface area contributed by atoms with E-state index in [1.807, 2.05) is 0 Å². The molecule has 0 aliphatic carbocycles. The van der Waals surface area contributed by atoms with Crippen LogP contribution >= 0.6 is 0 Å². The summed E-state index contributed by atoms with van der Waals surface area (Å²) in [6, 6.07) is 13.3. The second-order valence-corrected chi connectivity index (χ2v) is 5.50. The van der Waals surface area contributed by atoms with Crippen LogP contribution in [-0.2, 0) is 10.0 Å². The highest BCUT2D eigenvalue weighted by molar-refractivity contribution is 7.90. The van der Waals surface area contributed by atoms with E-state index in [0.717, 1.165) is 6.21 Å². The molecule has 6 nitrogen and oxygen atoms in total. The normalized spacial score (nSPS) is 11.6. The zero-order chi connectivity index (χ0) is 14.6. The van der Waals surface area contributed by atoms with Crippen molar-refractivity contribution in [1.82, 2.24) is 0 Å². The number of hydrogen-bond donors (Lipinski definition) is 0. The van der Waals surface area contributed by atoms with E-state index in [1.54, 1.807) is 18.2 Å². The van der Waals surface area contributed by atoms with E-state index in [9.17, 15) is 18.5 Å². The molecule has 0 fully saturated rings. The summed E-state index contributed by atoms with van der Waals surface area (Å²) in [7, 11) is -3.75. The van der Waals surface area contributed by atoms with Gasteiger partial charge in [0.05, 0.1) is 9.82 Å². The Morgan fingerprint density at radius 3 is 2.15 bits per heavy atom. The molecule has 0 amide bonds. The molecular weight excluding hydrogens is 280 g/mol. The van der Waals surface area contributed by atoms with Crippen LogP contribution in [0.3, 0.4) is 0 Å². The number of hydrogen-bond acceptors (Lipinski definition) is 4. The molecule has 0 saturated carbocycles. The molecule has 2 rings (SSSR count). The summed E-state index contributed by atoms with van der Waals surface area (Å²) >= 11 is 0. The van der Waals surface area contributed by atoms with Gasteiger partial charge in [-0.1, -0.05) is 18.2 Å². The van der Waals surface area contributed by atoms with Gasteiger partial charge in [0.15, 0.2) is 0 Å². The fourth-order valence-corrected chi connectivity index (χ4v) is 2.35. The van der Waals surface area contributed by atoms with Crippen molar-refractivity contribution in [2.75, 3.05) is 0 Å². The van der Waals surface area contributed by atoms with E-state index < -0.39 is 14.9 Å². The average molecular weight is 290 g/mol. The van der Waals surface area contributed by atoms with Crippen LogP contribution in [0.1, 0.15) is 5.56 Å². The van der Waals surface area contributed by atoms with Crippen molar-refractivity contribution in [3.05, 3.63) is 70.3 Å². The highest BCUT2D eigenvalue weighted by atomic mass is 32.2. The van der Waals surface area contributed by atoms with E-state index in [2.05, 4.69) is 4.40 Å². The van der Waals surface area contributed by atoms with Gasteiger partial charge in [0, 0.05) is 18.3 Å². The molecular formula is C13H10N2O4S. The summed E-state index contributed by atoms with van der Waals surface area (Å²) in [4.78, 5) is 10.1. The SMILES string of the molecule is O=[N+]([O-])c1ccc(/C=N\S(=O)(=O)c2ccccc2)cc1. The van der Waals surface area contributed by atoms with Crippen molar-refractivity contribution < 1.29 is 13.3 Å². The Hall–Kier alpha value is -2.54. The van der Waals surface area contributed by atoms with E-state index in [-0.39, 0.29) is 10.6 Å². The molecule has 2 aromatic carbocycles. The van der Waals surface area contributed by atoms with Gasteiger partial charge in [0.2, 0.25) is 0 Å². The van der Waals surface area contributed by atoms with Crippen LogP contribution in [0.2, 0.25) is 0 Å². The maximum atomic E-state index is 11.9. The molecule has 2 aromatic rings. The van der Waals surface area contributed by atoms with Crippen LogP contribution in [0.25, 0.3) is 0 Å². The van der Waals surface area contributed by atoms with Gasteiger partial charge in [-0.05, 0) is 29.8 Å². The number of sulfonamides is 1. The Bertz CT molecular complexity index is 738. The molecule has 0 saturated heterocycles. The van der Waals surface area contributed by atoms with E-state index >= 15 is 0 Å². The molecule has 7 heteroatoms. The molecule has 0 N–H and O–H groups in total. The summed E-state index contributed by atoms with van der Waals surface area (Å²) in [5.74, 6) is 0. The Kier molecular flexibility index (Phi) is 3.90. The number of nitro benzene ring substituents is 1. The van der Waals surface area contributed by atoms with Crippen molar-refractivity contribution in [3.8, 4) is 0 Å². The number of nitro groups is 1. The molecule has 0 bridgehead atoms. The standard InChI is InChI=1S/C13H10N2O4S/c16-15(17)12-8-6-11(7-9-12)10-14-20(18,19)13-4-2-1-3-5-13/h1-10H/b14-10-. The molecule has 0 aliphatic rings. The number of non-ortho nitro benzene ring substituents is 1. The summed E-state index contributed by atoms with van der Waals surface area (Å²) in [6.45, 7) is 0. The Morgan fingerprint density at radius 1 is 1.00 bits per heavy atom. The van der Waals surface area contributed by atoms with Crippen molar-refractivity contribution in [2.24, 2.45) is 4.40 Å². The first-order valence-corrected chi connectivity index (χ1v) is 7.03. The predicted octanol–water partition coefficient (Wildman–Crippen LogP) is 2.40. The number of nitrogens with zero attached hydrogens (tertiary/aromatic N) is 2. The fraction of sp³-hybridized carbons (Fsp3) is 0. The lowest BCUT2D eigenvalue weighted by Gasteiger charge is -1.97. The third-order valence-electron chi connectivity index (χ3n) is 2.49. The van der Waals surface area contributed by atoms with Gasteiger partial charge < -0.3 is 0 Å². The molecule has 20 heavy (non-hydrogen) atoms. The van der Waals surface area contributed by atoms with Crippen LogP contribution in [0, 0.1) is 10.1 Å². The largest absolute Gasteiger partial charge is 0.282 e. The maximum Gasteiger partial charge on any atom is 0.282 e. The Morgan fingerprint density at radius 2 is 1.60 bits per heavy atom. The molecule has 0 atom stereocenters. The monoisotopic (exact) mass is 290 g/mol. The average Bonchev–Trinajstić information content (AvgIpc) is 2.46. The highest BCUT2D eigenvalue weighted by Gasteiger charge is 2.10. The van der Waals surface area contributed by atoms with E-state index in [1.165, 1.54) is 36.4 Å². The first-order valence-electron chi connectivity index (χ1n) is 5.59. The molecule has 0 heterocycles. The molecule has 102 valence electrons. The lowest BCUT2D eigenvalue weighted by Crippen LogP contribution is -1.97. The second-order valence-electron chi connectivity index (χ2n) is 3.87. The number of benzene rings is 2. The second kappa shape index (κ2) is 5.62. The minimum atomic E-state index is -3.75. The van der Waals surface area contributed by atoms with Gasteiger partial charge in [0.25, 0.3) is 15.7 Å². The van der Waals surface area contributed by atoms with Gasteiger partial charge >= 0.3 is 0 Å². The quantitative estimate of drug-likeness (QED) is 0.491. The molecule has 0 unspecified atom stereocenters. The molecule has 0 radical (unpaired) electrons. The van der Waals surface area contributed by atoms with Crippen molar-refractivity contribution in [3.63, 3.8) is 0 Å². The van der Waals surface area contributed by atoms with Crippen molar-refractivity contribution >= 4 is 21.9 Å². The van der Waals surface area contributed by atoms with Gasteiger partial charge in [-0.2, -0.15) is 12.8 Å². The first kappa shape index (κ1) is 13.9. The molecule has 0 spiro atoms.